The summed E-state index contributed by atoms with van der Waals surface area (Å²) in [4.78, 5) is 13.2. The van der Waals surface area contributed by atoms with Crippen LogP contribution < -0.4 is 9.62 Å². The first-order valence-corrected chi connectivity index (χ1v) is 12.5. The van der Waals surface area contributed by atoms with Crippen LogP contribution >= 0.6 is 0 Å². The molecule has 0 aromatic heterocycles. The molecule has 1 atom stereocenters. The number of carbonyl (C=O) groups is 1. The standard InChI is InChI=1S/C27H32N2O3S/c1-18-7-11-26(12-8-18)33(31,32)29(25-14-19(2)13-20(3)15-25)17-27(30)28-23(6)24-10-9-21(4)22(5)16-24/h7-16,23H,17H2,1-6H3,(H,28,30). The molecule has 0 aliphatic heterocycles. The highest BCUT2D eigenvalue weighted by Gasteiger charge is 2.28. The average molecular weight is 465 g/mol. The third-order valence-electron chi connectivity index (χ3n) is 5.80. The van der Waals surface area contributed by atoms with E-state index in [1.54, 1.807) is 36.4 Å². The van der Waals surface area contributed by atoms with Gasteiger partial charge in [-0.2, -0.15) is 0 Å². The van der Waals surface area contributed by atoms with Gasteiger partial charge in [0.05, 0.1) is 16.6 Å². The molecule has 174 valence electrons. The van der Waals surface area contributed by atoms with Crippen LogP contribution in [0.5, 0.6) is 0 Å². The van der Waals surface area contributed by atoms with Crippen molar-refractivity contribution in [2.45, 2.75) is 52.5 Å². The molecule has 5 nitrogen and oxygen atoms in total. The first-order valence-electron chi connectivity index (χ1n) is 11.0. The molecule has 0 bridgehead atoms. The molecule has 0 heterocycles. The summed E-state index contributed by atoms with van der Waals surface area (Å²) in [6, 6.07) is 18.0. The Labute approximate surface area is 197 Å². The second-order valence-electron chi connectivity index (χ2n) is 8.80. The lowest BCUT2D eigenvalue weighted by molar-refractivity contribution is -0.120. The Bertz CT molecular complexity index is 1240. The van der Waals surface area contributed by atoms with Gasteiger partial charge in [-0.1, -0.05) is 42.0 Å². The number of amides is 1. The van der Waals surface area contributed by atoms with Gasteiger partial charge in [0.15, 0.2) is 0 Å². The zero-order chi connectivity index (χ0) is 24.3. The zero-order valence-corrected chi connectivity index (χ0v) is 21.0. The van der Waals surface area contributed by atoms with Gasteiger partial charge in [0.2, 0.25) is 5.91 Å². The van der Waals surface area contributed by atoms with Crippen molar-refractivity contribution in [3.05, 3.63) is 94.0 Å². The van der Waals surface area contributed by atoms with Gasteiger partial charge in [-0.3, -0.25) is 9.10 Å². The van der Waals surface area contributed by atoms with Crippen LogP contribution in [-0.2, 0) is 14.8 Å². The third-order valence-corrected chi connectivity index (χ3v) is 7.59. The van der Waals surface area contributed by atoms with Gasteiger partial charge >= 0.3 is 0 Å². The van der Waals surface area contributed by atoms with Gasteiger partial charge in [0.25, 0.3) is 10.0 Å². The highest BCUT2D eigenvalue weighted by atomic mass is 32.2. The molecule has 0 spiro atoms. The first kappa shape index (κ1) is 24.5. The maximum Gasteiger partial charge on any atom is 0.264 e. The Morgan fingerprint density at radius 2 is 1.42 bits per heavy atom. The first-order chi connectivity index (χ1) is 15.5. The maximum atomic E-state index is 13.6. The number of hydrogen-bond donors (Lipinski definition) is 1. The van der Waals surface area contributed by atoms with Crippen molar-refractivity contribution in [2.24, 2.45) is 0 Å². The number of aryl methyl sites for hydroxylation is 5. The van der Waals surface area contributed by atoms with E-state index in [0.29, 0.717) is 5.69 Å². The summed E-state index contributed by atoms with van der Waals surface area (Å²) < 4.78 is 28.4. The predicted octanol–water partition coefficient (Wildman–Crippen LogP) is 5.30. The van der Waals surface area contributed by atoms with E-state index >= 15 is 0 Å². The van der Waals surface area contributed by atoms with Crippen LogP contribution in [0.25, 0.3) is 0 Å². The Morgan fingerprint density at radius 1 is 0.818 bits per heavy atom. The van der Waals surface area contributed by atoms with E-state index in [4.69, 9.17) is 0 Å². The molecule has 3 aromatic carbocycles. The lowest BCUT2D eigenvalue weighted by Crippen LogP contribution is -2.41. The summed E-state index contributed by atoms with van der Waals surface area (Å²) in [5.74, 6) is -0.365. The van der Waals surface area contributed by atoms with Crippen molar-refractivity contribution in [3.63, 3.8) is 0 Å². The van der Waals surface area contributed by atoms with E-state index in [1.807, 2.05) is 65.8 Å². The van der Waals surface area contributed by atoms with Crippen molar-refractivity contribution in [1.29, 1.82) is 0 Å². The molecule has 3 aromatic rings. The summed E-state index contributed by atoms with van der Waals surface area (Å²) in [6.45, 7) is 11.4. The molecule has 1 amide bonds. The molecule has 0 radical (unpaired) electrons. The molecular weight excluding hydrogens is 432 g/mol. The molecule has 0 fully saturated rings. The van der Waals surface area contributed by atoms with Crippen LogP contribution in [0.4, 0.5) is 5.69 Å². The molecule has 0 saturated heterocycles. The normalized spacial score (nSPS) is 12.3. The van der Waals surface area contributed by atoms with E-state index in [1.165, 1.54) is 9.87 Å². The second kappa shape index (κ2) is 9.79. The smallest absolute Gasteiger partial charge is 0.264 e. The Balaban J connectivity index is 1.93. The van der Waals surface area contributed by atoms with Gasteiger partial charge in [-0.25, -0.2) is 8.42 Å². The molecule has 1 N–H and O–H groups in total. The number of nitrogens with zero attached hydrogens (tertiary/aromatic N) is 1. The van der Waals surface area contributed by atoms with Crippen LogP contribution in [0.1, 0.15) is 46.3 Å². The van der Waals surface area contributed by atoms with Crippen molar-refractivity contribution in [1.82, 2.24) is 5.32 Å². The van der Waals surface area contributed by atoms with Crippen LogP contribution in [0.3, 0.4) is 0 Å². The summed E-state index contributed by atoms with van der Waals surface area (Å²) in [7, 11) is -3.94. The van der Waals surface area contributed by atoms with E-state index in [9.17, 15) is 13.2 Å². The largest absolute Gasteiger partial charge is 0.348 e. The van der Waals surface area contributed by atoms with E-state index in [-0.39, 0.29) is 23.4 Å². The molecule has 3 rings (SSSR count). The van der Waals surface area contributed by atoms with Crippen molar-refractivity contribution >= 4 is 21.6 Å². The number of benzene rings is 3. The number of nitrogens with one attached hydrogen (secondary N) is 1. The van der Waals surface area contributed by atoms with Crippen molar-refractivity contribution < 1.29 is 13.2 Å². The molecule has 0 aliphatic rings. The highest BCUT2D eigenvalue weighted by Crippen LogP contribution is 2.26. The van der Waals surface area contributed by atoms with Gasteiger partial charge in [0.1, 0.15) is 6.54 Å². The molecule has 0 aliphatic carbocycles. The Kier molecular flexibility index (Phi) is 7.28. The fourth-order valence-corrected chi connectivity index (χ4v) is 5.19. The number of rotatable bonds is 7. The lowest BCUT2D eigenvalue weighted by Gasteiger charge is -2.26. The number of sulfonamides is 1. The second-order valence-corrected chi connectivity index (χ2v) is 10.7. The fourth-order valence-electron chi connectivity index (χ4n) is 3.78. The highest BCUT2D eigenvalue weighted by molar-refractivity contribution is 7.92. The minimum atomic E-state index is -3.94. The molecule has 33 heavy (non-hydrogen) atoms. The van der Waals surface area contributed by atoms with Crippen LogP contribution in [0, 0.1) is 34.6 Å². The van der Waals surface area contributed by atoms with Gasteiger partial charge < -0.3 is 5.32 Å². The van der Waals surface area contributed by atoms with Crippen molar-refractivity contribution in [3.8, 4) is 0 Å². The van der Waals surface area contributed by atoms with Gasteiger partial charge in [-0.15, -0.1) is 0 Å². The molecule has 1 unspecified atom stereocenters. The number of hydrogen-bond acceptors (Lipinski definition) is 3. The summed E-state index contributed by atoms with van der Waals surface area (Å²) >= 11 is 0. The number of anilines is 1. The molecular formula is C27H32N2O3S. The lowest BCUT2D eigenvalue weighted by atomic mass is 10.0. The van der Waals surface area contributed by atoms with E-state index in [0.717, 1.165) is 27.8 Å². The monoisotopic (exact) mass is 464 g/mol. The third kappa shape index (κ3) is 5.82. The fraction of sp³-hybridized carbons (Fsp3) is 0.296. The van der Waals surface area contributed by atoms with E-state index in [2.05, 4.69) is 5.32 Å². The minimum Gasteiger partial charge on any atom is -0.348 e. The Hall–Kier alpha value is -3.12. The summed E-state index contributed by atoms with van der Waals surface area (Å²) in [5.41, 5.74) is 6.60. The SMILES string of the molecule is Cc1ccc(S(=O)(=O)N(CC(=O)NC(C)c2ccc(C)c(C)c2)c2cc(C)cc(C)c2)cc1. The van der Waals surface area contributed by atoms with Crippen LogP contribution in [0.15, 0.2) is 65.6 Å². The Morgan fingerprint density at radius 3 is 2.00 bits per heavy atom. The number of carbonyl (C=O) groups excluding carboxylic acids is 1. The van der Waals surface area contributed by atoms with Gasteiger partial charge in [-0.05, 0) is 93.6 Å². The van der Waals surface area contributed by atoms with E-state index < -0.39 is 10.0 Å². The summed E-state index contributed by atoms with van der Waals surface area (Å²) in [5, 5.41) is 2.96. The predicted molar refractivity (Wildman–Crippen MR) is 134 cm³/mol. The molecule has 0 saturated carbocycles. The van der Waals surface area contributed by atoms with Crippen molar-refractivity contribution in [2.75, 3.05) is 10.8 Å². The van der Waals surface area contributed by atoms with Crippen LogP contribution in [0.2, 0.25) is 0 Å². The summed E-state index contributed by atoms with van der Waals surface area (Å²) in [6.07, 6.45) is 0. The molecule has 6 heteroatoms. The average Bonchev–Trinajstić information content (AvgIpc) is 2.73. The van der Waals surface area contributed by atoms with Crippen LogP contribution in [-0.4, -0.2) is 20.9 Å². The van der Waals surface area contributed by atoms with Gasteiger partial charge in [0, 0.05) is 0 Å². The maximum absolute atomic E-state index is 13.6. The quantitative estimate of drug-likeness (QED) is 0.516. The zero-order valence-electron chi connectivity index (χ0n) is 20.1. The minimum absolute atomic E-state index is 0.155. The topological polar surface area (TPSA) is 66.5 Å².